The van der Waals surface area contributed by atoms with Gasteiger partial charge in [-0.05, 0) is 47.1 Å². The molecule has 0 saturated heterocycles. The molecule has 2 aromatic heterocycles. The van der Waals surface area contributed by atoms with Crippen LogP contribution in [0, 0.1) is 0 Å². The minimum absolute atomic E-state index is 0.0296. The summed E-state index contributed by atoms with van der Waals surface area (Å²) in [6.07, 6.45) is 3.40. The van der Waals surface area contributed by atoms with E-state index in [2.05, 4.69) is 40.2 Å². The molecule has 0 aliphatic rings. The molecule has 6 heteroatoms. The van der Waals surface area contributed by atoms with Gasteiger partial charge in [0.15, 0.2) is 5.22 Å². The maximum atomic E-state index is 6.08. The maximum absolute atomic E-state index is 6.08. The number of rotatable bonds is 5. The molecule has 0 fully saturated rings. The van der Waals surface area contributed by atoms with Crippen molar-refractivity contribution in [3.05, 3.63) is 39.5 Å². The summed E-state index contributed by atoms with van der Waals surface area (Å²) in [5.41, 5.74) is 1.98. The lowest BCUT2D eigenvalue weighted by Gasteiger charge is -2.19. The highest BCUT2D eigenvalue weighted by molar-refractivity contribution is 9.10. The number of aryl methyl sites for hydroxylation is 1. The molecule has 0 aromatic carbocycles. The van der Waals surface area contributed by atoms with Crippen LogP contribution < -0.4 is 5.32 Å². The second-order valence-corrected chi connectivity index (χ2v) is 5.03. The molecule has 1 atom stereocenters. The summed E-state index contributed by atoms with van der Waals surface area (Å²) in [6.45, 7) is 5.75. The van der Waals surface area contributed by atoms with Gasteiger partial charge in [0.1, 0.15) is 0 Å². The van der Waals surface area contributed by atoms with Crippen LogP contribution in [0.15, 0.2) is 27.4 Å². The molecule has 0 aliphatic carbocycles. The molecule has 0 saturated carbocycles. The van der Waals surface area contributed by atoms with Crippen LogP contribution >= 0.6 is 27.5 Å². The van der Waals surface area contributed by atoms with Gasteiger partial charge in [0.25, 0.3) is 0 Å². The highest BCUT2D eigenvalue weighted by atomic mass is 79.9. The topological polar surface area (TPSA) is 43.0 Å². The number of hydrogen-bond acceptors (Lipinski definition) is 3. The van der Waals surface area contributed by atoms with Gasteiger partial charge in [-0.2, -0.15) is 5.10 Å². The Morgan fingerprint density at radius 2 is 2.33 bits per heavy atom. The fourth-order valence-electron chi connectivity index (χ4n) is 1.98. The largest absolute Gasteiger partial charge is 0.453 e. The zero-order chi connectivity index (χ0) is 13.1. The fourth-order valence-corrected chi connectivity index (χ4v) is 2.73. The molecule has 0 spiro atoms. The standard InChI is InChI=1S/C12H15BrClN3O/c1-3-15-10(8-5-6-18-12(8)14)11-9(13)7-16-17(11)4-2/h5-7,10,15H,3-4H2,1-2H3. The van der Waals surface area contributed by atoms with Crippen LogP contribution in [-0.2, 0) is 6.54 Å². The summed E-state index contributed by atoms with van der Waals surface area (Å²) in [4.78, 5) is 0. The summed E-state index contributed by atoms with van der Waals surface area (Å²) in [6, 6.07) is 1.85. The van der Waals surface area contributed by atoms with E-state index in [-0.39, 0.29) is 6.04 Å². The lowest BCUT2D eigenvalue weighted by Crippen LogP contribution is -2.25. The molecule has 0 radical (unpaired) electrons. The average Bonchev–Trinajstić information content (AvgIpc) is 2.93. The van der Waals surface area contributed by atoms with Gasteiger partial charge in [-0.15, -0.1) is 0 Å². The van der Waals surface area contributed by atoms with E-state index in [0.717, 1.165) is 28.8 Å². The molecule has 0 amide bonds. The third-order valence-corrected chi connectivity index (χ3v) is 3.69. The number of hydrogen-bond donors (Lipinski definition) is 1. The lowest BCUT2D eigenvalue weighted by atomic mass is 10.1. The quantitative estimate of drug-likeness (QED) is 0.909. The monoisotopic (exact) mass is 331 g/mol. The minimum atomic E-state index is -0.0296. The Bertz CT molecular complexity index is 523. The summed E-state index contributed by atoms with van der Waals surface area (Å²) >= 11 is 9.63. The van der Waals surface area contributed by atoms with Crippen molar-refractivity contribution in [2.24, 2.45) is 0 Å². The molecule has 18 heavy (non-hydrogen) atoms. The van der Waals surface area contributed by atoms with Gasteiger partial charge < -0.3 is 9.73 Å². The van der Waals surface area contributed by atoms with Crippen LogP contribution in [0.3, 0.4) is 0 Å². The van der Waals surface area contributed by atoms with E-state index < -0.39 is 0 Å². The molecule has 2 heterocycles. The lowest BCUT2D eigenvalue weighted by molar-refractivity contribution is 0.526. The van der Waals surface area contributed by atoms with Crippen LogP contribution in [-0.4, -0.2) is 16.3 Å². The first kappa shape index (κ1) is 13.6. The Hall–Kier alpha value is -0.780. The molecule has 2 rings (SSSR count). The fraction of sp³-hybridized carbons (Fsp3) is 0.417. The second-order valence-electron chi connectivity index (χ2n) is 3.83. The molecule has 0 aliphatic heterocycles. The maximum Gasteiger partial charge on any atom is 0.198 e. The molecular formula is C12H15BrClN3O. The first-order valence-corrected chi connectivity index (χ1v) is 7.03. The predicted molar refractivity (Wildman–Crippen MR) is 74.8 cm³/mol. The van der Waals surface area contributed by atoms with E-state index in [1.54, 1.807) is 12.5 Å². The van der Waals surface area contributed by atoms with Crippen molar-refractivity contribution in [3.63, 3.8) is 0 Å². The smallest absolute Gasteiger partial charge is 0.198 e. The average molecular weight is 333 g/mol. The van der Waals surface area contributed by atoms with Crippen molar-refractivity contribution in [2.45, 2.75) is 26.4 Å². The van der Waals surface area contributed by atoms with Crippen LogP contribution in [0.2, 0.25) is 5.22 Å². The Labute approximate surface area is 119 Å². The van der Waals surface area contributed by atoms with Crippen LogP contribution in [0.4, 0.5) is 0 Å². The number of nitrogens with zero attached hydrogens (tertiary/aromatic N) is 2. The SMILES string of the molecule is CCNC(c1ccoc1Cl)c1c(Br)cnn1CC. The van der Waals surface area contributed by atoms with Crippen molar-refractivity contribution in [3.8, 4) is 0 Å². The summed E-state index contributed by atoms with van der Waals surface area (Å²) in [7, 11) is 0. The number of aromatic nitrogens is 2. The van der Waals surface area contributed by atoms with Crippen molar-refractivity contribution in [1.82, 2.24) is 15.1 Å². The van der Waals surface area contributed by atoms with Crippen molar-refractivity contribution < 1.29 is 4.42 Å². The number of nitrogens with one attached hydrogen (secondary N) is 1. The Morgan fingerprint density at radius 1 is 1.56 bits per heavy atom. The summed E-state index contributed by atoms with van der Waals surface area (Å²) in [5.74, 6) is 0. The van der Waals surface area contributed by atoms with E-state index in [4.69, 9.17) is 16.0 Å². The van der Waals surface area contributed by atoms with Gasteiger partial charge >= 0.3 is 0 Å². The first-order valence-electron chi connectivity index (χ1n) is 5.86. The van der Waals surface area contributed by atoms with E-state index >= 15 is 0 Å². The Kier molecular flexibility index (Phi) is 4.48. The zero-order valence-corrected chi connectivity index (χ0v) is 12.6. The van der Waals surface area contributed by atoms with E-state index in [9.17, 15) is 0 Å². The third kappa shape index (κ3) is 2.48. The molecule has 4 nitrogen and oxygen atoms in total. The normalized spacial score (nSPS) is 12.9. The first-order chi connectivity index (χ1) is 8.69. The van der Waals surface area contributed by atoms with Gasteiger partial charge in [-0.1, -0.05) is 6.92 Å². The molecule has 1 unspecified atom stereocenters. The van der Waals surface area contributed by atoms with Gasteiger partial charge in [0.2, 0.25) is 0 Å². The number of halogens is 2. The van der Waals surface area contributed by atoms with Gasteiger partial charge in [0, 0.05) is 12.1 Å². The highest BCUT2D eigenvalue weighted by Crippen LogP contribution is 2.33. The van der Waals surface area contributed by atoms with E-state index in [1.807, 2.05) is 10.7 Å². The van der Waals surface area contributed by atoms with Crippen LogP contribution in [0.1, 0.15) is 31.1 Å². The van der Waals surface area contributed by atoms with E-state index in [1.165, 1.54) is 0 Å². The van der Waals surface area contributed by atoms with Crippen molar-refractivity contribution in [1.29, 1.82) is 0 Å². The van der Waals surface area contributed by atoms with Crippen molar-refractivity contribution >= 4 is 27.5 Å². The van der Waals surface area contributed by atoms with Crippen molar-refractivity contribution in [2.75, 3.05) is 6.54 Å². The van der Waals surface area contributed by atoms with Gasteiger partial charge in [-0.25, -0.2) is 0 Å². The van der Waals surface area contributed by atoms with Gasteiger partial charge in [-0.3, -0.25) is 4.68 Å². The van der Waals surface area contributed by atoms with Crippen LogP contribution in [0.25, 0.3) is 0 Å². The Balaban J connectivity index is 2.47. The summed E-state index contributed by atoms with van der Waals surface area (Å²) in [5, 5.41) is 8.16. The minimum Gasteiger partial charge on any atom is -0.453 e. The molecule has 2 aromatic rings. The zero-order valence-electron chi connectivity index (χ0n) is 10.3. The molecular weight excluding hydrogens is 318 g/mol. The van der Waals surface area contributed by atoms with E-state index in [0.29, 0.717) is 5.22 Å². The van der Waals surface area contributed by atoms with Crippen LogP contribution in [0.5, 0.6) is 0 Å². The predicted octanol–water partition coefficient (Wildman–Crippen LogP) is 3.61. The highest BCUT2D eigenvalue weighted by Gasteiger charge is 2.24. The Morgan fingerprint density at radius 3 is 2.89 bits per heavy atom. The van der Waals surface area contributed by atoms with Gasteiger partial charge in [0.05, 0.1) is 28.7 Å². The molecule has 1 N–H and O–H groups in total. The summed E-state index contributed by atoms with van der Waals surface area (Å²) < 4.78 is 8.09. The third-order valence-electron chi connectivity index (χ3n) is 2.77. The molecule has 0 bridgehead atoms. The molecule has 98 valence electrons. The number of furan rings is 1. The second kappa shape index (κ2) is 5.91.